The van der Waals surface area contributed by atoms with Gasteiger partial charge in [-0.1, -0.05) is 30.3 Å². The van der Waals surface area contributed by atoms with E-state index in [-0.39, 0.29) is 17.6 Å². The molecule has 0 aliphatic carbocycles. The van der Waals surface area contributed by atoms with Gasteiger partial charge >= 0.3 is 0 Å². The predicted molar refractivity (Wildman–Crippen MR) is 116 cm³/mol. The first-order valence-electron chi connectivity index (χ1n) is 10.1. The van der Waals surface area contributed by atoms with E-state index in [1.165, 1.54) is 16.8 Å². The Morgan fingerprint density at radius 1 is 1.20 bits per heavy atom. The van der Waals surface area contributed by atoms with Gasteiger partial charge in [0.2, 0.25) is 11.7 Å². The molecule has 2 amide bonds. The average Bonchev–Trinajstić information content (AvgIpc) is 3.46. The van der Waals surface area contributed by atoms with Crippen molar-refractivity contribution >= 4 is 23.2 Å². The Kier molecular flexibility index (Phi) is 5.72. The molecule has 156 valence electrons. The summed E-state index contributed by atoms with van der Waals surface area (Å²) >= 11 is 1.71. The van der Waals surface area contributed by atoms with Crippen LogP contribution in [-0.4, -0.2) is 41.8 Å². The van der Waals surface area contributed by atoms with Crippen molar-refractivity contribution in [3.8, 4) is 10.4 Å². The van der Waals surface area contributed by atoms with Crippen LogP contribution in [0.3, 0.4) is 0 Å². The fourth-order valence-electron chi connectivity index (χ4n) is 4.16. The van der Waals surface area contributed by atoms with Gasteiger partial charge in [-0.3, -0.25) is 9.59 Å². The molecule has 1 aliphatic rings. The minimum Gasteiger partial charge on any atom is -0.438 e. The Morgan fingerprint density at radius 3 is 2.50 bits per heavy atom. The topological polar surface area (TPSA) is 75.4 Å². The highest BCUT2D eigenvalue weighted by Crippen LogP contribution is 2.37. The molecule has 0 unspecified atom stereocenters. The van der Waals surface area contributed by atoms with Gasteiger partial charge in [0.25, 0.3) is 5.91 Å². The summed E-state index contributed by atoms with van der Waals surface area (Å²) in [6.07, 6.45) is 3.17. The lowest BCUT2D eigenvalue weighted by Gasteiger charge is -2.40. The summed E-state index contributed by atoms with van der Waals surface area (Å²) in [6.45, 7) is 2.79. The summed E-state index contributed by atoms with van der Waals surface area (Å²) in [5.74, 6) is 0.162. The maximum absolute atomic E-state index is 12.9. The highest BCUT2D eigenvalue weighted by atomic mass is 32.1. The molecule has 30 heavy (non-hydrogen) atoms. The molecule has 3 aromatic rings. The van der Waals surface area contributed by atoms with Crippen molar-refractivity contribution in [1.29, 1.82) is 0 Å². The number of thiophene rings is 1. The molecule has 1 saturated heterocycles. The Bertz CT molecular complexity index is 1020. The van der Waals surface area contributed by atoms with Gasteiger partial charge in [0.1, 0.15) is 0 Å². The van der Waals surface area contributed by atoms with Crippen molar-refractivity contribution in [3.05, 3.63) is 65.2 Å². The number of nitrogens with one attached hydrogen (secondary N) is 1. The minimum absolute atomic E-state index is 0.0350. The SMILES string of the molecule is CNC(=O)C1(Cc2ccc(-c3cccs3)cc2)CCN(C(=O)c2ocnc2C)CC1. The lowest BCUT2D eigenvalue weighted by atomic mass is 9.73. The van der Waals surface area contributed by atoms with E-state index in [1.54, 1.807) is 30.2 Å². The largest absolute Gasteiger partial charge is 0.438 e. The van der Waals surface area contributed by atoms with Gasteiger partial charge in [0, 0.05) is 25.0 Å². The van der Waals surface area contributed by atoms with E-state index in [4.69, 9.17) is 4.42 Å². The maximum Gasteiger partial charge on any atom is 0.291 e. The Labute approximate surface area is 179 Å². The number of amides is 2. The minimum atomic E-state index is -0.521. The first-order valence-corrected chi connectivity index (χ1v) is 10.9. The van der Waals surface area contributed by atoms with Gasteiger partial charge < -0.3 is 14.6 Å². The van der Waals surface area contributed by atoms with Crippen LogP contribution in [0, 0.1) is 12.3 Å². The summed E-state index contributed by atoms with van der Waals surface area (Å²) in [4.78, 5) is 32.6. The van der Waals surface area contributed by atoms with Crippen LogP contribution in [0.15, 0.2) is 52.6 Å². The van der Waals surface area contributed by atoms with Crippen molar-refractivity contribution in [2.45, 2.75) is 26.2 Å². The number of benzene rings is 1. The highest BCUT2D eigenvalue weighted by molar-refractivity contribution is 7.13. The van der Waals surface area contributed by atoms with Crippen LogP contribution >= 0.6 is 11.3 Å². The number of hydrogen-bond donors (Lipinski definition) is 1. The van der Waals surface area contributed by atoms with Gasteiger partial charge in [-0.25, -0.2) is 4.98 Å². The van der Waals surface area contributed by atoms with E-state index in [0.29, 0.717) is 38.0 Å². The molecule has 3 heterocycles. The predicted octanol–water partition coefficient (Wildman–Crippen LogP) is 3.92. The van der Waals surface area contributed by atoms with E-state index in [1.807, 2.05) is 6.07 Å². The zero-order chi connectivity index (χ0) is 21.1. The van der Waals surface area contributed by atoms with E-state index < -0.39 is 5.41 Å². The first-order chi connectivity index (χ1) is 14.5. The van der Waals surface area contributed by atoms with Crippen molar-refractivity contribution < 1.29 is 14.0 Å². The monoisotopic (exact) mass is 423 g/mol. The van der Waals surface area contributed by atoms with Gasteiger partial charge in [0.05, 0.1) is 11.1 Å². The Morgan fingerprint density at radius 2 is 1.93 bits per heavy atom. The van der Waals surface area contributed by atoms with Crippen LogP contribution < -0.4 is 5.32 Å². The molecule has 0 bridgehead atoms. The van der Waals surface area contributed by atoms with Crippen LogP contribution in [0.2, 0.25) is 0 Å². The second kappa shape index (κ2) is 8.44. The lowest BCUT2D eigenvalue weighted by Crippen LogP contribution is -2.50. The lowest BCUT2D eigenvalue weighted by molar-refractivity contribution is -0.133. The third-order valence-corrected chi connectivity index (χ3v) is 6.88. The van der Waals surface area contributed by atoms with Gasteiger partial charge in [-0.15, -0.1) is 11.3 Å². The molecule has 7 heteroatoms. The number of hydrogen-bond acceptors (Lipinski definition) is 5. The molecule has 1 fully saturated rings. The van der Waals surface area contributed by atoms with Crippen LogP contribution in [0.1, 0.15) is 34.7 Å². The summed E-state index contributed by atoms with van der Waals surface area (Å²) in [6, 6.07) is 12.6. The van der Waals surface area contributed by atoms with Crippen LogP contribution in [0.25, 0.3) is 10.4 Å². The molecule has 0 atom stereocenters. The smallest absolute Gasteiger partial charge is 0.291 e. The number of oxazole rings is 1. The molecule has 2 aromatic heterocycles. The Hall–Kier alpha value is -2.93. The van der Waals surface area contributed by atoms with Crippen LogP contribution in [-0.2, 0) is 11.2 Å². The molecule has 6 nitrogen and oxygen atoms in total. The molecule has 1 N–H and O–H groups in total. The fraction of sp³-hybridized carbons (Fsp3) is 0.348. The molecule has 1 aromatic carbocycles. The summed E-state index contributed by atoms with van der Waals surface area (Å²) in [5, 5.41) is 4.91. The molecule has 0 radical (unpaired) electrons. The van der Waals surface area contributed by atoms with Crippen molar-refractivity contribution in [1.82, 2.24) is 15.2 Å². The number of carbonyl (C=O) groups excluding carboxylic acids is 2. The molecule has 0 spiro atoms. The maximum atomic E-state index is 12.9. The number of aryl methyl sites for hydroxylation is 1. The first kappa shape index (κ1) is 20.3. The second-order valence-electron chi connectivity index (χ2n) is 7.77. The van der Waals surface area contributed by atoms with Crippen molar-refractivity contribution in [2.24, 2.45) is 5.41 Å². The zero-order valence-electron chi connectivity index (χ0n) is 17.2. The molecule has 1 aliphatic heterocycles. The summed E-state index contributed by atoms with van der Waals surface area (Å²) in [7, 11) is 1.68. The second-order valence-corrected chi connectivity index (χ2v) is 8.72. The average molecular weight is 424 g/mol. The summed E-state index contributed by atoms with van der Waals surface area (Å²) in [5.41, 5.74) is 2.39. The van der Waals surface area contributed by atoms with Crippen LogP contribution in [0.5, 0.6) is 0 Å². The van der Waals surface area contributed by atoms with E-state index in [2.05, 4.69) is 46.0 Å². The van der Waals surface area contributed by atoms with Crippen molar-refractivity contribution in [3.63, 3.8) is 0 Å². The third kappa shape index (κ3) is 3.89. The summed E-state index contributed by atoms with van der Waals surface area (Å²) < 4.78 is 5.26. The fourth-order valence-corrected chi connectivity index (χ4v) is 4.89. The number of likely N-dealkylation sites (tertiary alicyclic amines) is 1. The molecular weight excluding hydrogens is 398 g/mol. The number of nitrogens with zero attached hydrogens (tertiary/aromatic N) is 2. The quantitative estimate of drug-likeness (QED) is 0.675. The van der Waals surface area contributed by atoms with Gasteiger partial charge in [-0.2, -0.15) is 0 Å². The number of carbonyl (C=O) groups is 2. The number of aromatic nitrogens is 1. The molecule has 4 rings (SSSR count). The van der Waals surface area contributed by atoms with E-state index >= 15 is 0 Å². The van der Waals surface area contributed by atoms with Gasteiger partial charge in [-0.05, 0) is 48.8 Å². The van der Waals surface area contributed by atoms with Gasteiger partial charge in [0.15, 0.2) is 6.39 Å². The molecular formula is C23H25N3O3S. The van der Waals surface area contributed by atoms with E-state index in [9.17, 15) is 9.59 Å². The number of rotatable bonds is 5. The highest BCUT2D eigenvalue weighted by Gasteiger charge is 2.42. The van der Waals surface area contributed by atoms with Crippen molar-refractivity contribution in [2.75, 3.05) is 20.1 Å². The normalized spacial score (nSPS) is 15.7. The standard InChI is InChI=1S/C23H25N3O3S/c1-16-20(29-15-25-16)21(27)26-11-9-23(10-12-26,22(28)24-2)14-17-5-7-18(8-6-17)19-4-3-13-30-19/h3-8,13,15H,9-12,14H2,1-2H3,(H,24,28). The third-order valence-electron chi connectivity index (χ3n) is 5.96. The zero-order valence-corrected chi connectivity index (χ0v) is 18.0. The van der Waals surface area contributed by atoms with E-state index in [0.717, 1.165) is 5.56 Å². The molecule has 0 saturated carbocycles. The number of piperidine rings is 1. The van der Waals surface area contributed by atoms with Crippen LogP contribution in [0.4, 0.5) is 0 Å². The Balaban J connectivity index is 1.49.